The molecular weight excluding hydrogens is 226 g/mol. The molecule has 17 heavy (non-hydrogen) atoms. The first kappa shape index (κ1) is 15.2. The molecule has 3 N–H and O–H groups in total. The van der Waals surface area contributed by atoms with Gasteiger partial charge in [-0.3, -0.25) is 9.59 Å². The molecule has 0 aliphatic rings. The van der Waals surface area contributed by atoms with Crippen LogP contribution in [0.1, 0.15) is 20.8 Å². The van der Waals surface area contributed by atoms with Crippen molar-refractivity contribution in [3.8, 4) is 0 Å². The number of hydrogen-bond donors (Lipinski definition) is 3. The Morgan fingerprint density at radius 3 is 2.12 bits per heavy atom. The van der Waals surface area contributed by atoms with E-state index in [1.165, 1.54) is 14.0 Å². The second-order valence-corrected chi connectivity index (χ2v) is 4.09. The lowest BCUT2D eigenvalue weighted by Gasteiger charge is -2.19. The minimum Gasteiger partial charge on any atom is -0.480 e. The minimum absolute atomic E-state index is 0.00287. The number of carbonyl (C=O) groups is 3. The zero-order valence-electron chi connectivity index (χ0n) is 10.5. The summed E-state index contributed by atoms with van der Waals surface area (Å²) in [6.07, 6.45) is 0. The number of carboxylic acid groups (broad SMARTS) is 1. The van der Waals surface area contributed by atoms with Crippen LogP contribution in [0.4, 0.5) is 4.79 Å². The van der Waals surface area contributed by atoms with Crippen molar-refractivity contribution in [2.24, 2.45) is 0 Å². The van der Waals surface area contributed by atoms with E-state index in [2.05, 4.69) is 10.6 Å². The van der Waals surface area contributed by atoms with Crippen LogP contribution in [0, 0.1) is 0 Å². The lowest BCUT2D eigenvalue weighted by Crippen LogP contribution is -2.48. The number of hydrogen-bond acceptors (Lipinski definition) is 3. The van der Waals surface area contributed by atoms with Crippen LogP contribution in [0.25, 0.3) is 0 Å². The van der Waals surface area contributed by atoms with E-state index in [1.807, 2.05) is 13.8 Å². The molecule has 0 bridgehead atoms. The fourth-order valence-corrected chi connectivity index (χ4v) is 1.01. The zero-order chi connectivity index (χ0) is 13.6. The molecule has 0 heterocycles. The Labute approximate surface area is 100 Å². The fraction of sp³-hybridized carbons (Fsp3) is 0.700. The average molecular weight is 245 g/mol. The van der Waals surface area contributed by atoms with E-state index >= 15 is 0 Å². The molecule has 0 aliphatic carbocycles. The normalized spacial score (nSPS) is 11.8. The Kier molecular flexibility index (Phi) is 6.01. The summed E-state index contributed by atoms with van der Waals surface area (Å²) in [7, 11) is 1.42. The third kappa shape index (κ3) is 6.39. The van der Waals surface area contributed by atoms with Crippen LogP contribution >= 0.6 is 0 Å². The van der Waals surface area contributed by atoms with Crippen LogP contribution < -0.4 is 10.6 Å². The molecule has 0 unspecified atom stereocenters. The van der Waals surface area contributed by atoms with E-state index in [4.69, 9.17) is 5.11 Å². The van der Waals surface area contributed by atoms with E-state index < -0.39 is 18.0 Å². The highest BCUT2D eigenvalue weighted by molar-refractivity contribution is 5.86. The van der Waals surface area contributed by atoms with Gasteiger partial charge in [-0.05, 0) is 20.8 Å². The van der Waals surface area contributed by atoms with Crippen LogP contribution in [0.3, 0.4) is 0 Å². The number of rotatable bonds is 5. The third-order valence-corrected chi connectivity index (χ3v) is 1.89. The highest BCUT2D eigenvalue weighted by Crippen LogP contribution is 1.89. The molecule has 0 radical (unpaired) electrons. The van der Waals surface area contributed by atoms with Gasteiger partial charge >= 0.3 is 12.0 Å². The molecular formula is C10H19N3O4. The molecule has 7 nitrogen and oxygen atoms in total. The summed E-state index contributed by atoms with van der Waals surface area (Å²) in [5, 5.41) is 13.5. The predicted octanol–water partition coefficient (Wildman–Crippen LogP) is -0.374. The molecule has 0 aromatic carbocycles. The number of nitrogens with one attached hydrogen (secondary N) is 2. The van der Waals surface area contributed by atoms with Gasteiger partial charge in [0.15, 0.2) is 0 Å². The highest BCUT2D eigenvalue weighted by atomic mass is 16.4. The second kappa shape index (κ2) is 6.72. The average Bonchev–Trinajstić information content (AvgIpc) is 2.15. The van der Waals surface area contributed by atoms with Gasteiger partial charge in [0.05, 0.1) is 0 Å². The number of amides is 3. The molecule has 0 aliphatic heterocycles. The summed E-state index contributed by atoms with van der Waals surface area (Å²) in [5.74, 6) is -1.42. The molecule has 1 atom stereocenters. The predicted molar refractivity (Wildman–Crippen MR) is 61.5 cm³/mol. The van der Waals surface area contributed by atoms with Crippen molar-refractivity contribution in [2.75, 3.05) is 13.6 Å². The van der Waals surface area contributed by atoms with E-state index in [-0.39, 0.29) is 18.5 Å². The van der Waals surface area contributed by atoms with Gasteiger partial charge in [-0.2, -0.15) is 0 Å². The molecule has 0 spiro atoms. The summed E-state index contributed by atoms with van der Waals surface area (Å²) in [6.45, 7) is 4.85. The zero-order valence-corrected chi connectivity index (χ0v) is 10.5. The lowest BCUT2D eigenvalue weighted by molar-refractivity contribution is -0.138. The van der Waals surface area contributed by atoms with Gasteiger partial charge in [-0.15, -0.1) is 0 Å². The van der Waals surface area contributed by atoms with Crippen LogP contribution in [0.2, 0.25) is 0 Å². The minimum atomic E-state index is -1.13. The Balaban J connectivity index is 4.14. The smallest absolute Gasteiger partial charge is 0.325 e. The molecule has 0 aromatic heterocycles. The monoisotopic (exact) mass is 245 g/mol. The van der Waals surface area contributed by atoms with E-state index in [0.29, 0.717) is 0 Å². The molecule has 0 aromatic rings. The summed E-state index contributed by atoms with van der Waals surface area (Å²) >= 11 is 0. The van der Waals surface area contributed by atoms with Crippen molar-refractivity contribution < 1.29 is 19.5 Å². The molecule has 0 saturated carbocycles. The maximum Gasteiger partial charge on any atom is 0.325 e. The molecule has 0 saturated heterocycles. The first-order valence-electron chi connectivity index (χ1n) is 5.27. The van der Waals surface area contributed by atoms with Crippen LogP contribution in [-0.4, -0.2) is 53.6 Å². The molecule has 98 valence electrons. The van der Waals surface area contributed by atoms with Gasteiger partial charge in [-0.25, -0.2) is 4.79 Å². The SMILES string of the molecule is CC(C)NC(=O)CN(C)C(=O)N[C@@H](C)C(=O)O. The fourth-order valence-electron chi connectivity index (χ4n) is 1.01. The summed E-state index contributed by atoms with van der Waals surface area (Å²) in [6, 6.07) is -1.59. The first-order chi connectivity index (χ1) is 7.73. The van der Waals surface area contributed by atoms with Crippen LogP contribution in [-0.2, 0) is 9.59 Å². The molecule has 7 heteroatoms. The Hall–Kier alpha value is -1.79. The van der Waals surface area contributed by atoms with Crippen molar-refractivity contribution in [3.05, 3.63) is 0 Å². The molecule has 0 rings (SSSR count). The first-order valence-corrected chi connectivity index (χ1v) is 5.27. The number of likely N-dealkylation sites (N-methyl/N-ethyl adjacent to an activating group) is 1. The maximum atomic E-state index is 11.5. The van der Waals surface area contributed by atoms with E-state index in [0.717, 1.165) is 4.90 Å². The third-order valence-electron chi connectivity index (χ3n) is 1.89. The quantitative estimate of drug-likeness (QED) is 0.615. The lowest BCUT2D eigenvalue weighted by atomic mass is 10.3. The number of aliphatic carboxylic acids is 1. The van der Waals surface area contributed by atoms with Gasteiger partial charge in [-0.1, -0.05) is 0 Å². The number of nitrogens with zero attached hydrogens (tertiary/aromatic N) is 1. The summed E-state index contributed by atoms with van der Waals surface area (Å²) in [5.41, 5.74) is 0. The number of urea groups is 1. The maximum absolute atomic E-state index is 11.5. The Morgan fingerprint density at radius 1 is 1.18 bits per heavy atom. The van der Waals surface area contributed by atoms with Gasteiger partial charge < -0.3 is 20.6 Å². The Bertz CT molecular complexity index is 304. The van der Waals surface area contributed by atoms with E-state index in [9.17, 15) is 14.4 Å². The molecule has 3 amide bonds. The standard InChI is InChI=1S/C10H19N3O4/c1-6(2)11-8(14)5-13(4)10(17)12-7(3)9(15)16/h6-7H,5H2,1-4H3,(H,11,14)(H,12,17)(H,15,16)/t7-/m0/s1. The van der Waals surface area contributed by atoms with Crippen LogP contribution in [0.5, 0.6) is 0 Å². The summed E-state index contributed by atoms with van der Waals surface area (Å²) < 4.78 is 0. The van der Waals surface area contributed by atoms with Crippen LogP contribution in [0.15, 0.2) is 0 Å². The Morgan fingerprint density at radius 2 is 1.71 bits per heavy atom. The van der Waals surface area contributed by atoms with Crippen molar-refractivity contribution in [1.82, 2.24) is 15.5 Å². The highest BCUT2D eigenvalue weighted by Gasteiger charge is 2.18. The van der Waals surface area contributed by atoms with Gasteiger partial charge in [0, 0.05) is 13.1 Å². The van der Waals surface area contributed by atoms with Crippen molar-refractivity contribution in [1.29, 1.82) is 0 Å². The largest absolute Gasteiger partial charge is 0.480 e. The van der Waals surface area contributed by atoms with Gasteiger partial charge in [0.25, 0.3) is 0 Å². The van der Waals surface area contributed by atoms with Crippen molar-refractivity contribution in [3.63, 3.8) is 0 Å². The number of carbonyl (C=O) groups excluding carboxylic acids is 2. The van der Waals surface area contributed by atoms with Crippen molar-refractivity contribution in [2.45, 2.75) is 32.9 Å². The van der Waals surface area contributed by atoms with Gasteiger partial charge in [0.2, 0.25) is 5.91 Å². The number of carboxylic acids is 1. The topological polar surface area (TPSA) is 98.7 Å². The van der Waals surface area contributed by atoms with E-state index in [1.54, 1.807) is 0 Å². The second-order valence-electron chi connectivity index (χ2n) is 4.09. The van der Waals surface area contributed by atoms with Crippen molar-refractivity contribution >= 4 is 17.9 Å². The summed E-state index contributed by atoms with van der Waals surface area (Å²) in [4.78, 5) is 34.4. The molecule has 0 fully saturated rings. The van der Waals surface area contributed by atoms with Gasteiger partial charge in [0.1, 0.15) is 12.6 Å².